The quantitative estimate of drug-likeness (QED) is 0.595. The zero-order valence-corrected chi connectivity index (χ0v) is 18.8. The zero-order valence-electron chi connectivity index (χ0n) is 18.8. The number of nitrogens with two attached hydrogens (primary N) is 1. The molecule has 0 aliphatic heterocycles. The number of carbonyl (C=O) groups excluding carboxylic acids is 1. The van der Waals surface area contributed by atoms with E-state index in [1.54, 1.807) is 0 Å². The summed E-state index contributed by atoms with van der Waals surface area (Å²) in [6.45, 7) is 11.3. The molecule has 1 aromatic heterocycles. The van der Waals surface area contributed by atoms with Crippen molar-refractivity contribution in [2.45, 2.75) is 85.6 Å². The summed E-state index contributed by atoms with van der Waals surface area (Å²) < 4.78 is 2.33. The summed E-state index contributed by atoms with van der Waals surface area (Å²) in [7, 11) is 0. The Morgan fingerprint density at radius 3 is 2.55 bits per heavy atom. The molecule has 0 radical (unpaired) electrons. The van der Waals surface area contributed by atoms with E-state index in [0.717, 1.165) is 49.9 Å². The molecule has 0 atom stereocenters. The molecule has 1 aliphatic rings. The maximum Gasteiger partial charge on any atom is 0.250 e. The van der Waals surface area contributed by atoms with Crippen LogP contribution in [-0.4, -0.2) is 16.5 Å². The number of hydrogen-bond acceptors (Lipinski definition) is 2. The fourth-order valence-electron chi connectivity index (χ4n) is 4.71. The van der Waals surface area contributed by atoms with E-state index in [9.17, 15) is 4.79 Å². The Morgan fingerprint density at radius 1 is 1.24 bits per heavy atom. The fourth-order valence-corrected chi connectivity index (χ4v) is 4.71. The summed E-state index contributed by atoms with van der Waals surface area (Å²) >= 11 is 0. The van der Waals surface area contributed by atoms with Gasteiger partial charge in [0, 0.05) is 29.3 Å². The van der Waals surface area contributed by atoms with Crippen molar-refractivity contribution in [3.05, 3.63) is 46.8 Å². The fraction of sp³-hybridized carbons (Fsp3) is 0.560. The van der Waals surface area contributed by atoms with E-state index < -0.39 is 0 Å². The molecule has 1 heterocycles. The van der Waals surface area contributed by atoms with E-state index in [4.69, 9.17) is 5.73 Å². The highest BCUT2D eigenvalue weighted by Crippen LogP contribution is 2.38. The summed E-state index contributed by atoms with van der Waals surface area (Å²) in [4.78, 5) is 12.1. The maximum atomic E-state index is 12.1. The van der Waals surface area contributed by atoms with Gasteiger partial charge in [0.05, 0.1) is 5.56 Å². The van der Waals surface area contributed by atoms with Gasteiger partial charge in [-0.15, -0.1) is 0 Å². The van der Waals surface area contributed by atoms with Crippen molar-refractivity contribution in [3.8, 4) is 5.69 Å². The minimum atomic E-state index is -0.377. The molecule has 2 aromatic rings. The van der Waals surface area contributed by atoms with E-state index in [1.165, 1.54) is 23.2 Å². The number of anilines is 1. The third kappa shape index (κ3) is 4.68. The predicted molar refractivity (Wildman–Crippen MR) is 122 cm³/mol. The van der Waals surface area contributed by atoms with Crippen molar-refractivity contribution in [1.29, 1.82) is 0 Å². The van der Waals surface area contributed by atoms with Crippen LogP contribution in [0.2, 0.25) is 0 Å². The van der Waals surface area contributed by atoms with Gasteiger partial charge in [-0.3, -0.25) is 4.79 Å². The number of primary amides is 1. The lowest BCUT2D eigenvalue weighted by Crippen LogP contribution is -2.24. The van der Waals surface area contributed by atoms with Gasteiger partial charge in [0.15, 0.2) is 0 Å². The highest BCUT2D eigenvalue weighted by Gasteiger charge is 2.29. The molecule has 0 unspecified atom stereocenters. The van der Waals surface area contributed by atoms with Gasteiger partial charge in [0.2, 0.25) is 0 Å². The number of benzene rings is 1. The van der Waals surface area contributed by atoms with Crippen LogP contribution in [0.1, 0.15) is 87.0 Å². The number of nitrogens with zero attached hydrogens (tertiary/aromatic N) is 1. The topological polar surface area (TPSA) is 60.1 Å². The monoisotopic (exact) mass is 395 g/mol. The molecule has 3 N–H and O–H groups in total. The Balaban J connectivity index is 2.03. The van der Waals surface area contributed by atoms with Crippen LogP contribution >= 0.6 is 0 Å². The second-order valence-electron chi connectivity index (χ2n) is 9.46. The Hall–Kier alpha value is -2.23. The van der Waals surface area contributed by atoms with Crippen LogP contribution in [0.3, 0.4) is 0 Å². The molecule has 0 spiro atoms. The number of aromatic nitrogens is 1. The molecule has 158 valence electrons. The van der Waals surface area contributed by atoms with Crippen molar-refractivity contribution >= 4 is 11.6 Å². The van der Waals surface area contributed by atoms with Crippen LogP contribution in [0.25, 0.3) is 5.69 Å². The number of hydrogen-bond donors (Lipinski definition) is 2. The lowest BCUT2D eigenvalue weighted by atomic mass is 9.76. The normalized spacial score (nSPS) is 15.4. The van der Waals surface area contributed by atoms with E-state index in [2.05, 4.69) is 56.8 Å². The molecule has 0 bridgehead atoms. The van der Waals surface area contributed by atoms with Gasteiger partial charge in [0.25, 0.3) is 5.91 Å². The van der Waals surface area contributed by atoms with E-state index in [0.29, 0.717) is 17.0 Å². The molecule has 29 heavy (non-hydrogen) atoms. The number of carbonyl (C=O) groups is 1. The van der Waals surface area contributed by atoms with Gasteiger partial charge in [-0.1, -0.05) is 40.5 Å². The third-order valence-electron chi connectivity index (χ3n) is 6.32. The Labute approximate surface area is 175 Å². The molecule has 0 saturated heterocycles. The highest BCUT2D eigenvalue weighted by atomic mass is 16.1. The zero-order chi connectivity index (χ0) is 21.2. The first kappa shape index (κ1) is 21.5. The third-order valence-corrected chi connectivity index (χ3v) is 6.32. The molecule has 0 saturated carbocycles. The molecule has 4 heteroatoms. The van der Waals surface area contributed by atoms with Crippen molar-refractivity contribution in [2.75, 3.05) is 5.32 Å². The number of aryl methyl sites for hydroxylation is 1. The number of rotatable bonds is 8. The minimum Gasteiger partial charge on any atom is -0.382 e. The van der Waals surface area contributed by atoms with Gasteiger partial charge in [0.1, 0.15) is 0 Å². The van der Waals surface area contributed by atoms with Crippen LogP contribution in [0.15, 0.2) is 24.4 Å². The van der Waals surface area contributed by atoms with Gasteiger partial charge in [-0.2, -0.15) is 0 Å². The summed E-state index contributed by atoms with van der Waals surface area (Å²) in [5.41, 5.74) is 12.8. The average Bonchev–Trinajstić information content (AvgIpc) is 2.96. The predicted octanol–water partition coefficient (Wildman–Crippen LogP) is 5.78. The first-order chi connectivity index (χ1) is 13.8. The van der Waals surface area contributed by atoms with Crippen LogP contribution in [0, 0.1) is 12.3 Å². The van der Waals surface area contributed by atoms with Gasteiger partial charge in [-0.05, 0) is 73.8 Å². The van der Waals surface area contributed by atoms with Crippen molar-refractivity contribution in [3.63, 3.8) is 0 Å². The van der Waals surface area contributed by atoms with Gasteiger partial charge >= 0.3 is 0 Å². The van der Waals surface area contributed by atoms with Gasteiger partial charge < -0.3 is 15.6 Å². The molecule has 1 aliphatic carbocycles. The smallest absolute Gasteiger partial charge is 0.250 e. The molecular formula is C25H37N3O. The molecule has 0 fully saturated rings. The lowest BCUT2D eigenvalue weighted by molar-refractivity contribution is 0.100. The molecule has 1 amide bonds. The molecule has 4 nitrogen and oxygen atoms in total. The van der Waals surface area contributed by atoms with Crippen LogP contribution in [0.5, 0.6) is 0 Å². The summed E-state index contributed by atoms with van der Waals surface area (Å²) in [6, 6.07) is 6.38. The van der Waals surface area contributed by atoms with E-state index in [1.807, 2.05) is 12.1 Å². The lowest BCUT2D eigenvalue weighted by Gasteiger charge is -2.31. The van der Waals surface area contributed by atoms with Crippen LogP contribution in [0.4, 0.5) is 5.69 Å². The van der Waals surface area contributed by atoms with E-state index >= 15 is 0 Å². The van der Waals surface area contributed by atoms with Crippen LogP contribution < -0.4 is 11.1 Å². The molecular weight excluding hydrogens is 358 g/mol. The summed E-state index contributed by atoms with van der Waals surface area (Å²) in [5, 5.41) is 3.63. The summed E-state index contributed by atoms with van der Waals surface area (Å²) in [5.74, 6) is -0.377. The Bertz CT molecular complexity index is 872. The molecule has 3 rings (SSSR count). The first-order valence-corrected chi connectivity index (χ1v) is 11.2. The number of nitrogens with one attached hydrogen (secondary N) is 1. The largest absolute Gasteiger partial charge is 0.382 e. The van der Waals surface area contributed by atoms with Crippen LogP contribution in [-0.2, 0) is 12.8 Å². The van der Waals surface area contributed by atoms with Gasteiger partial charge in [-0.25, -0.2) is 0 Å². The van der Waals surface area contributed by atoms with E-state index in [-0.39, 0.29) is 5.91 Å². The van der Waals surface area contributed by atoms with Crippen molar-refractivity contribution in [1.82, 2.24) is 4.57 Å². The Kier molecular flexibility index (Phi) is 6.40. The average molecular weight is 396 g/mol. The minimum absolute atomic E-state index is 0.317. The van der Waals surface area contributed by atoms with Crippen molar-refractivity contribution in [2.24, 2.45) is 11.1 Å². The second-order valence-corrected chi connectivity index (χ2v) is 9.46. The van der Waals surface area contributed by atoms with Crippen molar-refractivity contribution < 1.29 is 4.79 Å². The standard InChI is InChI=1S/C25H37N3O/c1-6-8-18(9-7-2)27-22-14-19(10-11-21(22)24(26)29)28-16-17(3)20-12-13-25(4,5)15-23(20)28/h10-11,14,16,18,27H,6-9,12-13,15H2,1-5H3,(H2,26,29). The molecule has 1 aromatic carbocycles. The SMILES string of the molecule is CCCC(CCC)Nc1cc(-n2cc(C)c3c2CC(C)(C)CC3)ccc1C(N)=O. The first-order valence-electron chi connectivity index (χ1n) is 11.2. The summed E-state index contributed by atoms with van der Waals surface area (Å²) in [6.07, 6.45) is 10.1. The second kappa shape index (κ2) is 8.64. The number of amides is 1. The number of fused-ring (bicyclic) bond motifs is 1. The highest BCUT2D eigenvalue weighted by molar-refractivity contribution is 5.99. The Morgan fingerprint density at radius 2 is 1.93 bits per heavy atom. The maximum absolute atomic E-state index is 12.1.